The molecule has 0 spiro atoms. The third kappa shape index (κ3) is 4.55. The van der Waals surface area contributed by atoms with Gasteiger partial charge in [-0.2, -0.15) is 0 Å². The standard InChI is InChI=1S/C22H28N2O3S/c1-16-4-10-19(11-5-16)23-22(25)18-8-12-20(13-9-18)24(3)28(26,27)21-14-6-17(2)7-15-21/h6-9,12-16,19H,4-5,10-11H2,1-3H3,(H,23,25). The number of amides is 1. The molecule has 1 saturated carbocycles. The summed E-state index contributed by atoms with van der Waals surface area (Å²) in [6, 6.07) is 13.7. The highest BCUT2D eigenvalue weighted by Gasteiger charge is 2.22. The monoisotopic (exact) mass is 400 g/mol. The Hall–Kier alpha value is -2.34. The Bertz CT molecular complexity index is 913. The maximum absolute atomic E-state index is 12.8. The third-order valence-electron chi connectivity index (χ3n) is 5.52. The molecule has 0 aromatic heterocycles. The summed E-state index contributed by atoms with van der Waals surface area (Å²) in [6.45, 7) is 4.16. The SMILES string of the molecule is Cc1ccc(S(=O)(=O)N(C)c2ccc(C(=O)NC3CCC(C)CC3)cc2)cc1. The predicted octanol–water partition coefficient (Wildman–Crippen LogP) is 4.13. The van der Waals surface area contributed by atoms with Gasteiger partial charge in [0, 0.05) is 18.7 Å². The summed E-state index contributed by atoms with van der Waals surface area (Å²) in [7, 11) is -2.12. The number of hydrogen-bond donors (Lipinski definition) is 1. The van der Waals surface area contributed by atoms with Gasteiger partial charge in [0.2, 0.25) is 0 Å². The Balaban J connectivity index is 1.69. The highest BCUT2D eigenvalue weighted by molar-refractivity contribution is 7.92. The minimum Gasteiger partial charge on any atom is -0.349 e. The number of nitrogens with zero attached hydrogens (tertiary/aromatic N) is 1. The fraction of sp³-hybridized carbons (Fsp3) is 0.409. The molecule has 1 amide bonds. The molecule has 1 aliphatic carbocycles. The molecule has 6 heteroatoms. The lowest BCUT2D eigenvalue weighted by molar-refractivity contribution is 0.0923. The largest absolute Gasteiger partial charge is 0.349 e. The van der Waals surface area contributed by atoms with E-state index in [-0.39, 0.29) is 16.8 Å². The van der Waals surface area contributed by atoms with E-state index in [4.69, 9.17) is 0 Å². The van der Waals surface area contributed by atoms with Gasteiger partial charge in [-0.3, -0.25) is 9.10 Å². The molecule has 1 aliphatic rings. The van der Waals surface area contributed by atoms with Gasteiger partial charge in [-0.15, -0.1) is 0 Å². The Labute approximate surface area is 167 Å². The number of sulfonamides is 1. The van der Waals surface area contributed by atoms with Crippen LogP contribution in [0.1, 0.15) is 48.5 Å². The average Bonchev–Trinajstić information content (AvgIpc) is 2.69. The van der Waals surface area contributed by atoms with Crippen LogP contribution in [-0.2, 0) is 10.0 Å². The molecule has 2 aromatic carbocycles. The van der Waals surface area contributed by atoms with Gasteiger partial charge in [-0.1, -0.05) is 24.6 Å². The van der Waals surface area contributed by atoms with E-state index in [1.165, 1.54) is 11.4 Å². The van der Waals surface area contributed by atoms with E-state index in [9.17, 15) is 13.2 Å². The Morgan fingerprint density at radius 3 is 2.11 bits per heavy atom. The molecule has 1 fully saturated rings. The van der Waals surface area contributed by atoms with Gasteiger partial charge in [0.05, 0.1) is 10.6 Å². The summed E-state index contributed by atoms with van der Waals surface area (Å²) < 4.78 is 26.8. The first-order valence-corrected chi connectivity index (χ1v) is 11.2. The van der Waals surface area contributed by atoms with Crippen LogP contribution in [0.5, 0.6) is 0 Å². The van der Waals surface area contributed by atoms with Crippen LogP contribution in [0.15, 0.2) is 53.4 Å². The van der Waals surface area contributed by atoms with Crippen LogP contribution < -0.4 is 9.62 Å². The fourth-order valence-electron chi connectivity index (χ4n) is 3.50. The molecule has 0 unspecified atom stereocenters. The van der Waals surface area contributed by atoms with Crippen LogP contribution in [0.2, 0.25) is 0 Å². The minimum absolute atomic E-state index is 0.102. The van der Waals surface area contributed by atoms with Crippen molar-refractivity contribution in [2.75, 3.05) is 11.4 Å². The summed E-state index contributed by atoms with van der Waals surface area (Å²) in [5, 5.41) is 3.09. The third-order valence-corrected chi connectivity index (χ3v) is 7.32. The van der Waals surface area contributed by atoms with Crippen LogP contribution in [0.4, 0.5) is 5.69 Å². The van der Waals surface area contributed by atoms with Crippen LogP contribution in [0.25, 0.3) is 0 Å². The first kappa shape index (κ1) is 20.4. The first-order chi connectivity index (χ1) is 13.3. The average molecular weight is 401 g/mol. The van der Waals surface area contributed by atoms with E-state index in [1.54, 1.807) is 48.5 Å². The molecule has 2 aromatic rings. The number of nitrogens with one attached hydrogen (secondary N) is 1. The van der Waals surface area contributed by atoms with Crippen molar-refractivity contribution in [3.8, 4) is 0 Å². The Kier molecular flexibility index (Phi) is 6.08. The summed E-state index contributed by atoms with van der Waals surface area (Å²) in [5.41, 5.74) is 2.07. The van der Waals surface area contributed by atoms with Crippen molar-refractivity contribution in [1.82, 2.24) is 5.32 Å². The number of aryl methyl sites for hydroxylation is 1. The second kappa shape index (κ2) is 8.35. The van der Waals surface area contributed by atoms with Crippen molar-refractivity contribution in [1.29, 1.82) is 0 Å². The normalized spacial score (nSPS) is 19.8. The Morgan fingerprint density at radius 1 is 0.964 bits per heavy atom. The highest BCUT2D eigenvalue weighted by Crippen LogP contribution is 2.25. The minimum atomic E-state index is -3.64. The highest BCUT2D eigenvalue weighted by atomic mass is 32.2. The van der Waals surface area contributed by atoms with E-state index in [2.05, 4.69) is 12.2 Å². The number of carbonyl (C=O) groups excluding carboxylic acids is 1. The van der Waals surface area contributed by atoms with Gasteiger partial charge >= 0.3 is 0 Å². The van der Waals surface area contributed by atoms with E-state index >= 15 is 0 Å². The Morgan fingerprint density at radius 2 is 1.54 bits per heavy atom. The number of benzene rings is 2. The topological polar surface area (TPSA) is 66.5 Å². The van der Waals surface area contributed by atoms with Gasteiger partial charge in [0.1, 0.15) is 0 Å². The quantitative estimate of drug-likeness (QED) is 0.821. The molecular weight excluding hydrogens is 372 g/mol. The summed E-state index contributed by atoms with van der Waals surface area (Å²) in [5.74, 6) is 0.633. The maximum atomic E-state index is 12.8. The summed E-state index contributed by atoms with van der Waals surface area (Å²) in [6.07, 6.45) is 4.32. The lowest BCUT2D eigenvalue weighted by atomic mass is 9.87. The van der Waals surface area contributed by atoms with Crippen LogP contribution in [-0.4, -0.2) is 27.4 Å². The number of rotatable bonds is 5. The van der Waals surface area contributed by atoms with Crippen molar-refractivity contribution < 1.29 is 13.2 Å². The van der Waals surface area contributed by atoms with E-state index < -0.39 is 10.0 Å². The molecule has 0 heterocycles. The molecule has 1 N–H and O–H groups in total. The van der Waals surface area contributed by atoms with Crippen LogP contribution in [0.3, 0.4) is 0 Å². The smallest absolute Gasteiger partial charge is 0.264 e. The molecule has 0 bridgehead atoms. The molecule has 5 nitrogen and oxygen atoms in total. The fourth-order valence-corrected chi connectivity index (χ4v) is 4.70. The van der Waals surface area contributed by atoms with Gasteiger partial charge < -0.3 is 5.32 Å². The lowest BCUT2D eigenvalue weighted by Crippen LogP contribution is -2.37. The van der Waals surface area contributed by atoms with Crippen molar-refractivity contribution in [2.24, 2.45) is 5.92 Å². The molecule has 0 saturated heterocycles. The van der Waals surface area contributed by atoms with Gasteiger partial charge in [0.25, 0.3) is 15.9 Å². The van der Waals surface area contributed by atoms with Crippen LogP contribution in [0, 0.1) is 12.8 Å². The lowest BCUT2D eigenvalue weighted by Gasteiger charge is -2.27. The zero-order chi connectivity index (χ0) is 20.3. The number of anilines is 1. The molecule has 0 radical (unpaired) electrons. The summed E-state index contributed by atoms with van der Waals surface area (Å²) >= 11 is 0. The second-order valence-electron chi connectivity index (χ2n) is 7.76. The molecule has 0 aliphatic heterocycles. The number of hydrogen-bond acceptors (Lipinski definition) is 3. The molecule has 3 rings (SSSR count). The number of carbonyl (C=O) groups is 1. The van der Waals surface area contributed by atoms with Crippen molar-refractivity contribution in [3.05, 3.63) is 59.7 Å². The maximum Gasteiger partial charge on any atom is 0.264 e. The van der Waals surface area contributed by atoms with Crippen molar-refractivity contribution in [3.63, 3.8) is 0 Å². The molecule has 28 heavy (non-hydrogen) atoms. The van der Waals surface area contributed by atoms with E-state index in [1.807, 2.05) is 6.92 Å². The van der Waals surface area contributed by atoms with Gasteiger partial charge in [-0.05, 0) is 74.9 Å². The van der Waals surface area contributed by atoms with Gasteiger partial charge in [-0.25, -0.2) is 8.42 Å². The zero-order valence-electron chi connectivity index (χ0n) is 16.7. The van der Waals surface area contributed by atoms with E-state index in [0.29, 0.717) is 11.3 Å². The van der Waals surface area contributed by atoms with Crippen LogP contribution >= 0.6 is 0 Å². The molecular formula is C22H28N2O3S. The zero-order valence-corrected chi connectivity index (χ0v) is 17.5. The molecule has 150 valence electrons. The first-order valence-electron chi connectivity index (χ1n) is 9.74. The second-order valence-corrected chi connectivity index (χ2v) is 9.73. The summed E-state index contributed by atoms with van der Waals surface area (Å²) in [4.78, 5) is 12.7. The molecule has 0 atom stereocenters. The van der Waals surface area contributed by atoms with Crippen molar-refractivity contribution >= 4 is 21.6 Å². The van der Waals surface area contributed by atoms with Gasteiger partial charge in [0.15, 0.2) is 0 Å². The predicted molar refractivity (Wildman–Crippen MR) is 112 cm³/mol. The van der Waals surface area contributed by atoms with Crippen molar-refractivity contribution in [2.45, 2.75) is 50.5 Å². The van der Waals surface area contributed by atoms with E-state index in [0.717, 1.165) is 37.2 Å².